The smallest absolute Gasteiger partial charge is 0.0847 e. The van der Waals surface area contributed by atoms with Crippen LogP contribution in [0.2, 0.25) is 5.02 Å². The van der Waals surface area contributed by atoms with Gasteiger partial charge in [0.1, 0.15) is 0 Å². The van der Waals surface area contributed by atoms with Crippen LogP contribution in [0.4, 0.5) is 0 Å². The second-order valence-corrected chi connectivity index (χ2v) is 6.14. The van der Waals surface area contributed by atoms with Crippen molar-refractivity contribution < 1.29 is 0 Å². The van der Waals surface area contributed by atoms with E-state index in [1.165, 1.54) is 5.56 Å². The predicted molar refractivity (Wildman–Crippen MR) is 82.5 cm³/mol. The van der Waals surface area contributed by atoms with E-state index in [4.69, 9.17) is 17.3 Å². The number of halogens is 2. The van der Waals surface area contributed by atoms with Gasteiger partial charge in [-0.1, -0.05) is 33.6 Å². The molecule has 0 saturated carbocycles. The molecule has 1 unspecified atom stereocenters. The van der Waals surface area contributed by atoms with E-state index in [1.807, 2.05) is 18.7 Å². The van der Waals surface area contributed by atoms with Crippen molar-refractivity contribution in [2.24, 2.45) is 12.8 Å². The Kier molecular flexibility index (Phi) is 4.33. The fraction of sp³-hybridized carbons (Fsp3) is 0.357. The molecule has 5 heteroatoms. The van der Waals surface area contributed by atoms with Crippen molar-refractivity contribution in [3.05, 3.63) is 50.2 Å². The molecule has 1 heterocycles. The minimum absolute atomic E-state index is 0.0940. The zero-order valence-corrected chi connectivity index (χ0v) is 13.6. The number of aryl methyl sites for hydroxylation is 3. The summed E-state index contributed by atoms with van der Waals surface area (Å²) in [5.74, 6) is 0. The van der Waals surface area contributed by atoms with Crippen LogP contribution in [-0.4, -0.2) is 9.78 Å². The molecule has 0 spiro atoms. The van der Waals surface area contributed by atoms with Crippen molar-refractivity contribution in [3.63, 3.8) is 0 Å². The van der Waals surface area contributed by atoms with Crippen molar-refractivity contribution in [2.45, 2.75) is 26.3 Å². The van der Waals surface area contributed by atoms with Gasteiger partial charge < -0.3 is 5.73 Å². The van der Waals surface area contributed by atoms with Gasteiger partial charge in [-0.15, -0.1) is 0 Å². The Morgan fingerprint density at radius 2 is 2.05 bits per heavy atom. The van der Waals surface area contributed by atoms with Crippen LogP contribution < -0.4 is 5.73 Å². The highest BCUT2D eigenvalue weighted by Crippen LogP contribution is 2.26. The average molecular weight is 343 g/mol. The molecule has 1 atom stereocenters. The van der Waals surface area contributed by atoms with E-state index in [1.54, 1.807) is 0 Å². The van der Waals surface area contributed by atoms with Gasteiger partial charge in [0.2, 0.25) is 0 Å². The van der Waals surface area contributed by atoms with Gasteiger partial charge in [0, 0.05) is 24.0 Å². The number of nitrogens with zero attached hydrogens (tertiary/aromatic N) is 2. The molecule has 2 aromatic rings. The molecule has 0 saturated heterocycles. The van der Waals surface area contributed by atoms with Crippen molar-refractivity contribution in [1.29, 1.82) is 0 Å². The van der Waals surface area contributed by atoms with E-state index < -0.39 is 0 Å². The van der Waals surface area contributed by atoms with Gasteiger partial charge in [0.05, 0.1) is 16.4 Å². The van der Waals surface area contributed by atoms with Crippen LogP contribution in [0, 0.1) is 13.8 Å². The number of benzene rings is 1. The number of rotatable bonds is 3. The number of hydrogen-bond donors (Lipinski definition) is 1. The Balaban J connectivity index is 2.27. The van der Waals surface area contributed by atoms with Gasteiger partial charge >= 0.3 is 0 Å². The van der Waals surface area contributed by atoms with E-state index in [2.05, 4.69) is 46.2 Å². The van der Waals surface area contributed by atoms with Crippen LogP contribution in [0.1, 0.15) is 28.6 Å². The van der Waals surface area contributed by atoms with E-state index in [9.17, 15) is 0 Å². The number of hydrogen-bond acceptors (Lipinski definition) is 2. The topological polar surface area (TPSA) is 43.8 Å². The summed E-state index contributed by atoms with van der Waals surface area (Å²) in [4.78, 5) is 0. The molecule has 0 amide bonds. The van der Waals surface area contributed by atoms with Gasteiger partial charge in [-0.05, 0) is 37.1 Å². The zero-order chi connectivity index (χ0) is 14.2. The van der Waals surface area contributed by atoms with Crippen LogP contribution in [0.25, 0.3) is 0 Å². The summed E-state index contributed by atoms with van der Waals surface area (Å²) in [5.41, 5.74) is 10.4. The molecule has 2 rings (SSSR count). The van der Waals surface area contributed by atoms with Crippen molar-refractivity contribution >= 4 is 27.5 Å². The highest BCUT2D eigenvalue weighted by atomic mass is 79.9. The predicted octanol–water partition coefficient (Wildman–Crippen LogP) is 3.70. The van der Waals surface area contributed by atoms with Crippen LogP contribution in [0.15, 0.2) is 22.7 Å². The third kappa shape index (κ3) is 3.19. The summed E-state index contributed by atoms with van der Waals surface area (Å²) < 4.78 is 2.85. The Labute approximate surface area is 126 Å². The summed E-state index contributed by atoms with van der Waals surface area (Å²) in [5, 5.41) is 5.03. The SMILES string of the molecule is Cc1cc(Br)cc(C(N)Cc2c(Cl)c(C)nn2C)c1. The van der Waals surface area contributed by atoms with Crippen LogP contribution in [-0.2, 0) is 13.5 Å². The standard InChI is InChI=1S/C14H17BrClN3/c1-8-4-10(6-11(15)5-8)12(17)7-13-14(16)9(2)18-19(13)3/h4-6,12H,7,17H2,1-3H3. The molecule has 102 valence electrons. The Morgan fingerprint density at radius 3 is 2.58 bits per heavy atom. The van der Waals surface area contributed by atoms with E-state index in [-0.39, 0.29) is 6.04 Å². The fourth-order valence-electron chi connectivity index (χ4n) is 2.21. The minimum atomic E-state index is -0.0940. The maximum absolute atomic E-state index is 6.29. The summed E-state index contributed by atoms with van der Waals surface area (Å²) in [6, 6.07) is 6.13. The maximum atomic E-state index is 6.29. The molecular formula is C14H17BrClN3. The van der Waals surface area contributed by atoms with Gasteiger partial charge in [0.15, 0.2) is 0 Å². The molecule has 2 N–H and O–H groups in total. The molecule has 0 bridgehead atoms. The van der Waals surface area contributed by atoms with Crippen molar-refractivity contribution in [3.8, 4) is 0 Å². The molecule has 0 aliphatic carbocycles. The summed E-state index contributed by atoms with van der Waals surface area (Å²) in [7, 11) is 1.90. The minimum Gasteiger partial charge on any atom is -0.324 e. The first-order valence-electron chi connectivity index (χ1n) is 6.09. The largest absolute Gasteiger partial charge is 0.324 e. The third-order valence-electron chi connectivity index (χ3n) is 3.17. The fourth-order valence-corrected chi connectivity index (χ4v) is 3.07. The molecule has 1 aromatic heterocycles. The maximum Gasteiger partial charge on any atom is 0.0847 e. The first-order valence-corrected chi connectivity index (χ1v) is 7.26. The zero-order valence-electron chi connectivity index (χ0n) is 11.2. The molecular weight excluding hydrogens is 326 g/mol. The molecule has 0 aliphatic heterocycles. The summed E-state index contributed by atoms with van der Waals surface area (Å²) in [6.07, 6.45) is 0.673. The van der Waals surface area contributed by atoms with Crippen LogP contribution >= 0.6 is 27.5 Å². The highest BCUT2D eigenvalue weighted by Gasteiger charge is 2.16. The molecule has 19 heavy (non-hydrogen) atoms. The lowest BCUT2D eigenvalue weighted by atomic mass is 10.0. The van der Waals surface area contributed by atoms with Crippen LogP contribution in [0.5, 0.6) is 0 Å². The normalized spacial score (nSPS) is 12.7. The van der Waals surface area contributed by atoms with Gasteiger partial charge in [0.25, 0.3) is 0 Å². The van der Waals surface area contributed by atoms with Gasteiger partial charge in [-0.3, -0.25) is 4.68 Å². The molecule has 3 nitrogen and oxygen atoms in total. The molecule has 0 fully saturated rings. The lowest BCUT2D eigenvalue weighted by Crippen LogP contribution is -2.16. The second-order valence-electron chi connectivity index (χ2n) is 4.84. The number of nitrogens with two attached hydrogens (primary N) is 1. The summed E-state index contributed by atoms with van der Waals surface area (Å²) in [6.45, 7) is 3.96. The second kappa shape index (κ2) is 5.65. The average Bonchev–Trinajstić information content (AvgIpc) is 2.54. The van der Waals surface area contributed by atoms with E-state index in [0.29, 0.717) is 11.4 Å². The number of aromatic nitrogens is 2. The first-order chi connectivity index (χ1) is 8.88. The van der Waals surface area contributed by atoms with Gasteiger partial charge in [-0.25, -0.2) is 0 Å². The lowest BCUT2D eigenvalue weighted by molar-refractivity contribution is 0.639. The highest BCUT2D eigenvalue weighted by molar-refractivity contribution is 9.10. The van der Waals surface area contributed by atoms with E-state index in [0.717, 1.165) is 21.4 Å². The Bertz CT molecular complexity index is 587. The van der Waals surface area contributed by atoms with Crippen molar-refractivity contribution in [1.82, 2.24) is 9.78 Å². The first kappa shape index (κ1) is 14.6. The Morgan fingerprint density at radius 1 is 1.37 bits per heavy atom. The van der Waals surface area contributed by atoms with Crippen molar-refractivity contribution in [2.75, 3.05) is 0 Å². The monoisotopic (exact) mass is 341 g/mol. The lowest BCUT2D eigenvalue weighted by Gasteiger charge is -2.14. The van der Waals surface area contributed by atoms with Gasteiger partial charge in [-0.2, -0.15) is 5.10 Å². The molecule has 0 aliphatic rings. The summed E-state index contributed by atoms with van der Waals surface area (Å²) >= 11 is 9.76. The Hall–Kier alpha value is -0.840. The third-order valence-corrected chi connectivity index (χ3v) is 4.12. The van der Waals surface area contributed by atoms with E-state index >= 15 is 0 Å². The quantitative estimate of drug-likeness (QED) is 0.924. The molecule has 1 aromatic carbocycles. The molecule has 0 radical (unpaired) electrons. The van der Waals surface area contributed by atoms with Crippen LogP contribution in [0.3, 0.4) is 0 Å².